The number of nitrogens with one attached hydrogen (secondary N) is 3. The number of benzene rings is 2. The maximum Gasteiger partial charge on any atom is 0.318 e. The predicted molar refractivity (Wildman–Crippen MR) is 107 cm³/mol. The first-order valence-corrected chi connectivity index (χ1v) is 9.05. The van der Waals surface area contributed by atoms with Gasteiger partial charge < -0.3 is 16.0 Å². The van der Waals surface area contributed by atoms with Crippen molar-refractivity contribution in [1.82, 2.24) is 10.3 Å². The summed E-state index contributed by atoms with van der Waals surface area (Å²) in [7, 11) is 1.54. The van der Waals surface area contributed by atoms with E-state index in [1.807, 2.05) is 30.3 Å². The normalized spacial score (nSPS) is 10.1. The molecule has 1 aromatic heterocycles. The monoisotopic (exact) mass is 378 g/mol. The Morgan fingerprint density at radius 3 is 2.19 bits per heavy atom. The first-order valence-electron chi connectivity index (χ1n) is 8.24. The number of anilines is 2. The van der Waals surface area contributed by atoms with Gasteiger partial charge in [-0.05, 0) is 48.5 Å². The first kappa shape index (κ1) is 18.5. The lowest BCUT2D eigenvalue weighted by Gasteiger charge is -2.10. The molecule has 27 heavy (non-hydrogen) atoms. The van der Waals surface area contributed by atoms with Crippen LogP contribution in [-0.4, -0.2) is 24.0 Å². The maximum atomic E-state index is 12.7. The molecule has 3 amide bonds. The van der Waals surface area contributed by atoms with Crippen LogP contribution in [0.5, 0.6) is 0 Å². The maximum absolute atomic E-state index is 12.7. The molecule has 0 aliphatic rings. The van der Waals surface area contributed by atoms with Crippen LogP contribution in [0.1, 0.15) is 10.4 Å². The van der Waals surface area contributed by atoms with Gasteiger partial charge in [-0.3, -0.25) is 4.79 Å². The van der Waals surface area contributed by atoms with Gasteiger partial charge >= 0.3 is 6.03 Å². The minimum Gasteiger partial charge on any atom is -0.341 e. The fourth-order valence-electron chi connectivity index (χ4n) is 2.27. The molecule has 0 fully saturated rings. The van der Waals surface area contributed by atoms with Crippen molar-refractivity contribution in [1.29, 1.82) is 0 Å². The molecule has 0 aliphatic heterocycles. The number of carbonyl (C=O) groups is 2. The van der Waals surface area contributed by atoms with Crippen molar-refractivity contribution in [2.45, 2.75) is 9.92 Å². The van der Waals surface area contributed by atoms with E-state index < -0.39 is 0 Å². The molecule has 3 rings (SSSR count). The Kier molecular flexibility index (Phi) is 6.06. The van der Waals surface area contributed by atoms with Crippen LogP contribution < -0.4 is 16.0 Å². The first-order chi connectivity index (χ1) is 13.2. The number of hydrogen-bond donors (Lipinski definition) is 3. The van der Waals surface area contributed by atoms with Crippen molar-refractivity contribution >= 4 is 35.1 Å². The predicted octanol–water partition coefficient (Wildman–Crippen LogP) is 4.24. The van der Waals surface area contributed by atoms with Crippen molar-refractivity contribution in [2.75, 3.05) is 17.7 Å². The molecule has 2 aromatic carbocycles. The van der Waals surface area contributed by atoms with E-state index in [1.165, 1.54) is 11.8 Å². The minimum absolute atomic E-state index is 0.242. The molecule has 1 heterocycles. The Morgan fingerprint density at radius 2 is 1.52 bits per heavy atom. The van der Waals surface area contributed by atoms with E-state index in [2.05, 4.69) is 20.9 Å². The van der Waals surface area contributed by atoms with Crippen molar-refractivity contribution in [2.24, 2.45) is 0 Å². The Morgan fingerprint density at radius 1 is 0.852 bits per heavy atom. The zero-order chi connectivity index (χ0) is 19.1. The van der Waals surface area contributed by atoms with Gasteiger partial charge in [-0.1, -0.05) is 30.0 Å². The summed E-state index contributed by atoms with van der Waals surface area (Å²) in [4.78, 5) is 29.4. The molecule has 0 saturated carbocycles. The van der Waals surface area contributed by atoms with Gasteiger partial charge in [0.25, 0.3) is 5.91 Å². The van der Waals surface area contributed by atoms with E-state index in [1.54, 1.807) is 49.6 Å². The minimum atomic E-state index is -0.301. The Labute approximate surface area is 161 Å². The molecule has 0 atom stereocenters. The molecule has 6 nitrogen and oxygen atoms in total. The third-order valence-electron chi connectivity index (χ3n) is 3.60. The summed E-state index contributed by atoms with van der Waals surface area (Å²) in [5.74, 6) is -0.242. The number of urea groups is 1. The summed E-state index contributed by atoms with van der Waals surface area (Å²) in [5.41, 5.74) is 1.76. The van der Waals surface area contributed by atoms with Gasteiger partial charge in [0.15, 0.2) is 0 Å². The van der Waals surface area contributed by atoms with E-state index in [9.17, 15) is 9.59 Å². The molecular weight excluding hydrogens is 360 g/mol. The molecule has 136 valence electrons. The van der Waals surface area contributed by atoms with Crippen molar-refractivity contribution in [3.63, 3.8) is 0 Å². The average molecular weight is 378 g/mol. The second kappa shape index (κ2) is 8.86. The highest BCUT2D eigenvalue weighted by Crippen LogP contribution is 2.28. The van der Waals surface area contributed by atoms with Crippen LogP contribution in [0, 0.1) is 0 Å². The molecule has 3 N–H and O–H groups in total. The highest BCUT2D eigenvalue weighted by atomic mass is 32.2. The van der Waals surface area contributed by atoms with Crippen molar-refractivity contribution in [3.05, 3.63) is 78.5 Å². The smallest absolute Gasteiger partial charge is 0.318 e. The zero-order valence-corrected chi connectivity index (χ0v) is 15.4. The number of carbonyl (C=O) groups excluding carboxylic acids is 2. The number of pyridine rings is 1. The highest BCUT2D eigenvalue weighted by molar-refractivity contribution is 7.99. The molecule has 7 heteroatoms. The van der Waals surface area contributed by atoms with Crippen molar-refractivity contribution in [3.8, 4) is 0 Å². The van der Waals surface area contributed by atoms with Gasteiger partial charge in [0.1, 0.15) is 5.03 Å². The largest absolute Gasteiger partial charge is 0.341 e. The second-order valence-electron chi connectivity index (χ2n) is 5.51. The lowest BCUT2D eigenvalue weighted by molar-refractivity contribution is 0.102. The molecular formula is C20H18N4O2S. The van der Waals surface area contributed by atoms with Crippen LogP contribution in [0.3, 0.4) is 0 Å². The number of amides is 3. The van der Waals surface area contributed by atoms with Crippen LogP contribution in [0.2, 0.25) is 0 Å². The fraction of sp³-hybridized carbons (Fsp3) is 0.0500. The quantitative estimate of drug-likeness (QED) is 0.620. The van der Waals surface area contributed by atoms with E-state index in [-0.39, 0.29) is 11.9 Å². The third-order valence-corrected chi connectivity index (χ3v) is 4.63. The van der Waals surface area contributed by atoms with Crippen molar-refractivity contribution < 1.29 is 9.59 Å². The molecule has 0 aliphatic carbocycles. The van der Waals surface area contributed by atoms with E-state index in [4.69, 9.17) is 0 Å². The highest BCUT2D eigenvalue weighted by Gasteiger charge is 2.13. The lowest BCUT2D eigenvalue weighted by Crippen LogP contribution is -2.24. The summed E-state index contributed by atoms with van der Waals surface area (Å²) < 4.78 is 0. The van der Waals surface area contributed by atoms with Gasteiger partial charge in [0.05, 0.1) is 5.56 Å². The van der Waals surface area contributed by atoms with E-state index in [0.29, 0.717) is 22.0 Å². The van der Waals surface area contributed by atoms with Gasteiger partial charge in [0, 0.05) is 29.5 Å². The van der Waals surface area contributed by atoms with E-state index >= 15 is 0 Å². The topological polar surface area (TPSA) is 83.1 Å². The SMILES string of the molecule is CNC(=O)Nc1ccc(NC(=O)c2cccnc2Sc2ccccc2)cc1. The van der Waals surface area contributed by atoms with Gasteiger partial charge in [-0.2, -0.15) is 0 Å². The Bertz CT molecular complexity index is 930. The summed E-state index contributed by atoms with van der Waals surface area (Å²) in [5, 5.41) is 8.64. The molecule has 0 unspecified atom stereocenters. The van der Waals surface area contributed by atoms with Gasteiger partial charge in [-0.15, -0.1) is 0 Å². The number of nitrogens with zero attached hydrogens (tertiary/aromatic N) is 1. The second-order valence-corrected chi connectivity index (χ2v) is 6.57. The average Bonchev–Trinajstić information content (AvgIpc) is 2.70. The van der Waals surface area contributed by atoms with Gasteiger partial charge in [-0.25, -0.2) is 9.78 Å². The Balaban J connectivity index is 1.72. The van der Waals surface area contributed by atoms with Crippen LogP contribution >= 0.6 is 11.8 Å². The fourth-order valence-corrected chi connectivity index (χ4v) is 3.17. The molecule has 0 bridgehead atoms. The van der Waals surface area contributed by atoms with Gasteiger partial charge in [0.2, 0.25) is 0 Å². The number of aromatic nitrogens is 1. The van der Waals surface area contributed by atoms with Crippen LogP contribution in [0.4, 0.5) is 16.2 Å². The summed E-state index contributed by atoms with van der Waals surface area (Å²) in [6, 6.07) is 19.8. The summed E-state index contributed by atoms with van der Waals surface area (Å²) in [6.07, 6.45) is 1.67. The third kappa shape index (κ3) is 5.08. The standard InChI is InChI=1S/C20H18N4O2S/c1-21-20(26)24-15-11-9-14(10-12-15)23-18(25)17-8-5-13-22-19(17)27-16-6-3-2-4-7-16/h2-13H,1H3,(H,23,25)(H2,21,24,26). The summed E-state index contributed by atoms with van der Waals surface area (Å²) >= 11 is 1.44. The van der Waals surface area contributed by atoms with Crippen LogP contribution in [0.25, 0.3) is 0 Å². The zero-order valence-electron chi connectivity index (χ0n) is 14.6. The molecule has 0 saturated heterocycles. The molecule has 0 radical (unpaired) electrons. The molecule has 3 aromatic rings. The Hall–Kier alpha value is -3.32. The molecule has 0 spiro atoms. The lowest BCUT2D eigenvalue weighted by atomic mass is 10.2. The number of rotatable bonds is 5. The van der Waals surface area contributed by atoms with E-state index in [0.717, 1.165) is 4.90 Å². The van der Waals surface area contributed by atoms with Crippen LogP contribution in [0.15, 0.2) is 82.8 Å². The summed E-state index contributed by atoms with van der Waals surface area (Å²) in [6.45, 7) is 0. The van der Waals surface area contributed by atoms with Crippen LogP contribution in [-0.2, 0) is 0 Å². The number of hydrogen-bond acceptors (Lipinski definition) is 4.